The van der Waals surface area contributed by atoms with Crippen molar-refractivity contribution >= 4 is 5.96 Å². The van der Waals surface area contributed by atoms with Crippen molar-refractivity contribution in [1.82, 2.24) is 10.6 Å². The molecule has 0 bridgehead atoms. The van der Waals surface area contributed by atoms with Crippen LogP contribution in [0, 0.1) is 5.82 Å². The standard InChI is InChI=1S/C23H32FN3O3/c1-5-25-23(26-13-17-9-10-21(24)19(11-17)15-29-4)27-14-22(28)18-7-6-8-20(12-18)30-16(2)3/h6-12,16,22,28H,5,13-15H2,1-4H3,(H2,25,26,27). The molecular formula is C23H32FN3O3. The van der Waals surface area contributed by atoms with E-state index in [1.165, 1.54) is 13.2 Å². The Morgan fingerprint density at radius 2 is 1.97 bits per heavy atom. The Kier molecular flexibility index (Phi) is 9.57. The molecule has 0 spiro atoms. The molecule has 1 unspecified atom stereocenters. The zero-order valence-corrected chi connectivity index (χ0v) is 18.1. The topological polar surface area (TPSA) is 75.1 Å². The van der Waals surface area contributed by atoms with Crippen LogP contribution in [0.4, 0.5) is 4.39 Å². The average molecular weight is 418 g/mol. The van der Waals surface area contributed by atoms with Gasteiger partial charge in [0.1, 0.15) is 11.6 Å². The highest BCUT2D eigenvalue weighted by Crippen LogP contribution is 2.20. The third-order valence-electron chi connectivity index (χ3n) is 4.25. The summed E-state index contributed by atoms with van der Waals surface area (Å²) in [6.45, 7) is 7.45. The Bertz CT molecular complexity index is 827. The molecule has 0 radical (unpaired) electrons. The molecule has 2 aromatic carbocycles. The highest BCUT2D eigenvalue weighted by atomic mass is 19.1. The molecule has 2 aromatic rings. The lowest BCUT2D eigenvalue weighted by molar-refractivity contribution is 0.179. The number of hydrogen-bond acceptors (Lipinski definition) is 4. The lowest BCUT2D eigenvalue weighted by Gasteiger charge is -2.17. The summed E-state index contributed by atoms with van der Waals surface area (Å²) in [5.41, 5.74) is 2.14. The predicted molar refractivity (Wildman–Crippen MR) is 117 cm³/mol. The molecule has 2 rings (SSSR count). The van der Waals surface area contributed by atoms with E-state index >= 15 is 0 Å². The van der Waals surface area contributed by atoms with E-state index in [1.807, 2.05) is 45.0 Å². The van der Waals surface area contributed by atoms with Crippen LogP contribution < -0.4 is 15.4 Å². The number of hydrogen-bond donors (Lipinski definition) is 3. The van der Waals surface area contributed by atoms with E-state index in [9.17, 15) is 9.50 Å². The molecule has 0 aliphatic heterocycles. The van der Waals surface area contributed by atoms with E-state index in [-0.39, 0.29) is 25.1 Å². The van der Waals surface area contributed by atoms with Crippen molar-refractivity contribution in [3.8, 4) is 5.75 Å². The van der Waals surface area contributed by atoms with Gasteiger partial charge in [0, 0.05) is 25.8 Å². The summed E-state index contributed by atoms with van der Waals surface area (Å²) in [6.07, 6.45) is -0.650. The monoisotopic (exact) mass is 417 g/mol. The number of aliphatic imine (C=N–C) groups is 1. The lowest BCUT2D eigenvalue weighted by Crippen LogP contribution is -2.39. The van der Waals surface area contributed by atoms with E-state index in [2.05, 4.69) is 15.6 Å². The normalized spacial score (nSPS) is 12.7. The third kappa shape index (κ3) is 7.65. The first-order valence-corrected chi connectivity index (χ1v) is 10.2. The number of nitrogens with one attached hydrogen (secondary N) is 2. The van der Waals surface area contributed by atoms with Gasteiger partial charge in [-0.2, -0.15) is 0 Å². The number of benzene rings is 2. The minimum absolute atomic E-state index is 0.0684. The van der Waals surface area contributed by atoms with Crippen LogP contribution >= 0.6 is 0 Å². The summed E-state index contributed by atoms with van der Waals surface area (Å²) in [6, 6.07) is 12.3. The van der Waals surface area contributed by atoms with Crippen molar-refractivity contribution in [2.45, 2.75) is 46.1 Å². The molecule has 0 saturated heterocycles. The largest absolute Gasteiger partial charge is 0.491 e. The van der Waals surface area contributed by atoms with E-state index in [0.717, 1.165) is 16.9 Å². The molecule has 0 amide bonds. The summed E-state index contributed by atoms with van der Waals surface area (Å²) in [4.78, 5) is 4.53. The molecule has 0 aliphatic rings. The lowest BCUT2D eigenvalue weighted by atomic mass is 10.1. The van der Waals surface area contributed by atoms with Gasteiger partial charge < -0.3 is 25.2 Å². The maximum Gasteiger partial charge on any atom is 0.191 e. The second-order valence-electron chi connectivity index (χ2n) is 7.19. The van der Waals surface area contributed by atoms with Gasteiger partial charge in [-0.05, 0) is 56.2 Å². The van der Waals surface area contributed by atoms with Gasteiger partial charge in [0.25, 0.3) is 0 Å². The quantitative estimate of drug-likeness (QED) is 0.407. The van der Waals surface area contributed by atoms with Gasteiger partial charge in [-0.25, -0.2) is 9.38 Å². The molecule has 3 N–H and O–H groups in total. The summed E-state index contributed by atoms with van der Waals surface area (Å²) < 4.78 is 24.5. The van der Waals surface area contributed by atoms with Gasteiger partial charge in [0.05, 0.1) is 25.4 Å². The van der Waals surface area contributed by atoms with Crippen LogP contribution in [0.25, 0.3) is 0 Å². The molecule has 164 valence electrons. The van der Waals surface area contributed by atoms with Crippen molar-refractivity contribution in [3.63, 3.8) is 0 Å². The van der Waals surface area contributed by atoms with Crippen molar-refractivity contribution in [1.29, 1.82) is 0 Å². The van der Waals surface area contributed by atoms with Gasteiger partial charge in [-0.15, -0.1) is 0 Å². The van der Waals surface area contributed by atoms with Gasteiger partial charge in [0.15, 0.2) is 5.96 Å². The highest BCUT2D eigenvalue weighted by Gasteiger charge is 2.10. The summed E-state index contributed by atoms with van der Waals surface area (Å²) in [5, 5.41) is 16.9. The minimum Gasteiger partial charge on any atom is -0.491 e. The van der Waals surface area contributed by atoms with E-state index in [1.54, 1.807) is 12.1 Å². The molecule has 6 nitrogen and oxygen atoms in total. The van der Waals surface area contributed by atoms with E-state index in [4.69, 9.17) is 9.47 Å². The van der Waals surface area contributed by atoms with Crippen molar-refractivity contribution in [2.24, 2.45) is 4.99 Å². The molecule has 0 aliphatic carbocycles. The van der Waals surface area contributed by atoms with Gasteiger partial charge in [-0.3, -0.25) is 0 Å². The Balaban J connectivity index is 2.00. The summed E-state index contributed by atoms with van der Waals surface area (Å²) >= 11 is 0. The SMILES string of the molecule is CCNC(=NCc1ccc(F)c(COC)c1)NCC(O)c1cccc(OC(C)C)c1. The number of methoxy groups -OCH3 is 1. The first kappa shape index (κ1) is 23.6. The van der Waals surface area contributed by atoms with Crippen LogP contribution in [0.2, 0.25) is 0 Å². The molecule has 0 saturated carbocycles. The number of ether oxygens (including phenoxy) is 2. The van der Waals surface area contributed by atoms with Gasteiger partial charge >= 0.3 is 0 Å². The zero-order chi connectivity index (χ0) is 21.9. The fourth-order valence-electron chi connectivity index (χ4n) is 2.88. The van der Waals surface area contributed by atoms with Crippen LogP contribution in [0.3, 0.4) is 0 Å². The molecule has 1 atom stereocenters. The number of halogens is 1. The molecule has 0 heterocycles. The van der Waals surface area contributed by atoms with E-state index < -0.39 is 6.10 Å². The average Bonchev–Trinajstić information content (AvgIpc) is 2.72. The smallest absolute Gasteiger partial charge is 0.191 e. The number of guanidine groups is 1. The Morgan fingerprint density at radius 3 is 2.67 bits per heavy atom. The second-order valence-corrected chi connectivity index (χ2v) is 7.19. The molecule has 0 fully saturated rings. The number of rotatable bonds is 10. The van der Waals surface area contributed by atoms with Gasteiger partial charge in [0.2, 0.25) is 0 Å². The Labute approximate surface area is 178 Å². The van der Waals surface area contributed by atoms with E-state index in [0.29, 0.717) is 24.6 Å². The summed E-state index contributed by atoms with van der Waals surface area (Å²) in [5.74, 6) is 1.01. The maximum atomic E-state index is 13.8. The fourth-order valence-corrected chi connectivity index (χ4v) is 2.88. The van der Waals surface area contributed by atoms with Crippen LogP contribution in [-0.2, 0) is 17.9 Å². The molecule has 7 heteroatoms. The Morgan fingerprint density at radius 1 is 1.17 bits per heavy atom. The van der Waals surface area contributed by atoms with Crippen LogP contribution in [-0.4, -0.2) is 37.4 Å². The highest BCUT2D eigenvalue weighted by molar-refractivity contribution is 5.79. The number of aliphatic hydroxyl groups is 1. The summed E-state index contributed by atoms with van der Waals surface area (Å²) in [7, 11) is 1.54. The van der Waals surface area contributed by atoms with Crippen molar-refractivity contribution in [3.05, 3.63) is 65.0 Å². The van der Waals surface area contributed by atoms with Crippen LogP contribution in [0.5, 0.6) is 5.75 Å². The number of nitrogens with zero attached hydrogens (tertiary/aromatic N) is 1. The maximum absolute atomic E-state index is 13.8. The fraction of sp³-hybridized carbons (Fsp3) is 0.435. The molecular weight excluding hydrogens is 385 g/mol. The molecule has 0 aromatic heterocycles. The van der Waals surface area contributed by atoms with Crippen LogP contribution in [0.15, 0.2) is 47.5 Å². The zero-order valence-electron chi connectivity index (χ0n) is 18.1. The van der Waals surface area contributed by atoms with Crippen molar-refractivity contribution in [2.75, 3.05) is 20.2 Å². The minimum atomic E-state index is -0.719. The third-order valence-corrected chi connectivity index (χ3v) is 4.25. The van der Waals surface area contributed by atoms with Crippen molar-refractivity contribution < 1.29 is 19.0 Å². The van der Waals surface area contributed by atoms with Gasteiger partial charge in [-0.1, -0.05) is 18.2 Å². The number of aliphatic hydroxyl groups excluding tert-OH is 1. The molecule has 30 heavy (non-hydrogen) atoms. The van der Waals surface area contributed by atoms with Crippen LogP contribution in [0.1, 0.15) is 43.6 Å². The predicted octanol–water partition coefficient (Wildman–Crippen LogP) is 3.55. The first-order valence-electron chi connectivity index (χ1n) is 10.2. The second kappa shape index (κ2) is 12.1. The first-order chi connectivity index (χ1) is 14.4. The Hall–Kier alpha value is -2.64.